The third-order valence-electron chi connectivity index (χ3n) is 10.2. The number of carboxylic acid groups (broad SMARTS) is 1. The molecule has 0 radical (unpaired) electrons. The monoisotopic (exact) mass is 634 g/mol. The van der Waals surface area contributed by atoms with Gasteiger partial charge in [-0.25, -0.2) is 0 Å². The van der Waals surface area contributed by atoms with Gasteiger partial charge in [0.1, 0.15) is 11.7 Å². The Balaban J connectivity index is 0.00000417. The Morgan fingerprint density at radius 3 is 2.22 bits per heavy atom. The number of Topliss-reactive ketones (excluding diaryl/α,β-unsaturated/α-hetero) is 1. The molecular formula is C35H38MgN4O6-2. The predicted molar refractivity (Wildman–Crippen MR) is 176 cm³/mol. The van der Waals surface area contributed by atoms with Crippen molar-refractivity contribution in [1.82, 2.24) is 9.97 Å². The molecule has 10 nitrogen and oxygen atoms in total. The molecule has 0 amide bonds. The summed E-state index contributed by atoms with van der Waals surface area (Å²) in [5.74, 6) is -3.23. The summed E-state index contributed by atoms with van der Waals surface area (Å²) < 4.78 is 5.16. The summed E-state index contributed by atoms with van der Waals surface area (Å²) in [6.07, 6.45) is 6.77. The van der Waals surface area contributed by atoms with Crippen molar-refractivity contribution >= 4 is 70.3 Å². The zero-order valence-corrected chi connectivity index (χ0v) is 28.8. The Kier molecular flexibility index (Phi) is 9.13. The molecule has 0 unspecified atom stereocenters. The van der Waals surface area contributed by atoms with E-state index in [4.69, 9.17) is 25.3 Å². The van der Waals surface area contributed by atoms with Crippen molar-refractivity contribution in [2.24, 2.45) is 29.6 Å². The minimum Gasteiger partial charge on any atom is -0.681 e. The van der Waals surface area contributed by atoms with Gasteiger partial charge in [-0.05, 0) is 50.9 Å². The van der Waals surface area contributed by atoms with Crippen LogP contribution in [0.2, 0.25) is 0 Å². The number of rotatable bonds is 6. The Bertz CT molecular complexity index is 1860. The van der Waals surface area contributed by atoms with Crippen molar-refractivity contribution < 1.29 is 29.3 Å². The minimum absolute atomic E-state index is 0. The number of ether oxygens (including phenoxy) is 1. The molecule has 6 rings (SSSR count). The van der Waals surface area contributed by atoms with E-state index in [-0.39, 0.29) is 64.7 Å². The number of hydrogen-bond donors (Lipinski definition) is 2. The quantitative estimate of drug-likeness (QED) is 0.270. The maximum atomic E-state index is 13.3. The number of carbonyl (C=O) groups is 3. The number of ketones is 1. The Labute approximate surface area is 284 Å². The first kappa shape index (κ1) is 33.7. The van der Waals surface area contributed by atoms with Crippen LogP contribution in [0, 0.1) is 43.4 Å². The summed E-state index contributed by atoms with van der Waals surface area (Å²) in [7, 11) is 1.28. The molecule has 6 atom stereocenters. The summed E-state index contributed by atoms with van der Waals surface area (Å²) in [5, 5.41) is 32.3. The van der Waals surface area contributed by atoms with Crippen LogP contribution in [0.5, 0.6) is 0 Å². The van der Waals surface area contributed by atoms with Crippen molar-refractivity contribution in [3.63, 3.8) is 0 Å². The molecular weight excluding hydrogens is 597 g/mol. The van der Waals surface area contributed by atoms with E-state index >= 15 is 0 Å². The van der Waals surface area contributed by atoms with E-state index in [2.05, 4.69) is 13.8 Å². The van der Waals surface area contributed by atoms with E-state index in [9.17, 15) is 24.6 Å². The smallest absolute Gasteiger partial charge is 0.681 e. The normalized spacial score (nSPS) is 29.4. The van der Waals surface area contributed by atoms with Gasteiger partial charge in [-0.2, -0.15) is 17.1 Å². The molecule has 1 aliphatic carbocycles. The Hall–Kier alpha value is -3.70. The first-order valence-electron chi connectivity index (χ1n) is 15.5. The fourth-order valence-electron chi connectivity index (χ4n) is 7.72. The van der Waals surface area contributed by atoms with Crippen molar-refractivity contribution in [3.05, 3.63) is 72.1 Å². The summed E-state index contributed by atoms with van der Waals surface area (Å²) >= 11 is 0. The molecule has 2 aromatic rings. The molecule has 0 aromatic carbocycles. The number of fused-ring (bicyclic) bond motifs is 8. The number of allylic oxidation sites excluding steroid dienone is 3. The molecule has 238 valence electrons. The topological polar surface area (TPSA) is 157 Å². The number of nitrogens with zero attached hydrogens (tertiary/aromatic N) is 4. The maximum Gasteiger partial charge on any atom is 2.00 e. The molecule has 46 heavy (non-hydrogen) atoms. The van der Waals surface area contributed by atoms with Crippen LogP contribution in [0.15, 0.2) is 17.1 Å². The number of carbonyl (C=O) groups excluding carboxylic acids is 2. The van der Waals surface area contributed by atoms with Crippen molar-refractivity contribution in [2.75, 3.05) is 7.11 Å². The minimum atomic E-state index is -1.11. The van der Waals surface area contributed by atoms with Gasteiger partial charge < -0.3 is 35.6 Å². The van der Waals surface area contributed by atoms with Gasteiger partial charge in [-0.3, -0.25) is 14.4 Å². The zero-order chi connectivity index (χ0) is 32.5. The maximum absolute atomic E-state index is 13.3. The number of esters is 1. The standard InChI is InChI=1S/C35H40N4O6.Mg/c1-8-19-14(2)21-13-26-28(18(6)40)16(4)23(37-26)11-22-15(3)20(9-10-27(41)42)32(38-22)30-31(35(44)45-7)34(43)29-17(5)24(39-33(29)30)12-25(19)36-21;/h11-15,19-20,31-32H,8-10H2,1-7H3,(H4,36,37,40,41,42,43);/q-2;+2/p-2/b22-11-,25-12-;/t14-,15+,19-,20+,31-,32+;/m1./s1. The van der Waals surface area contributed by atoms with Gasteiger partial charge in [0, 0.05) is 17.2 Å². The van der Waals surface area contributed by atoms with E-state index < -0.39 is 23.9 Å². The molecule has 2 aromatic heterocycles. The van der Waals surface area contributed by atoms with Gasteiger partial charge in [0.2, 0.25) is 0 Å². The van der Waals surface area contributed by atoms with E-state index in [0.29, 0.717) is 50.9 Å². The third kappa shape index (κ3) is 5.21. The van der Waals surface area contributed by atoms with Crippen LogP contribution in [0.3, 0.4) is 0 Å². The summed E-state index contributed by atoms with van der Waals surface area (Å²) in [4.78, 5) is 47.8. The molecule has 2 saturated heterocycles. The molecule has 3 aliphatic heterocycles. The van der Waals surface area contributed by atoms with Crippen molar-refractivity contribution in [3.8, 4) is 0 Å². The largest absolute Gasteiger partial charge is 2.00 e. The van der Waals surface area contributed by atoms with Crippen LogP contribution in [0.25, 0.3) is 40.2 Å². The second-order valence-electron chi connectivity index (χ2n) is 12.7. The number of hydrogen-bond acceptors (Lipinski definition) is 5. The van der Waals surface area contributed by atoms with Crippen LogP contribution >= 0.6 is 0 Å². The molecule has 2 N–H and O–H groups in total. The molecule has 0 saturated carbocycles. The molecule has 8 bridgehead atoms. The number of carboxylic acids is 1. The van der Waals surface area contributed by atoms with E-state index in [1.807, 2.05) is 39.0 Å². The van der Waals surface area contributed by atoms with Gasteiger partial charge in [-0.15, -0.1) is 22.4 Å². The molecule has 4 aliphatic rings. The summed E-state index contributed by atoms with van der Waals surface area (Å²) in [6, 6.07) is -0.645. The van der Waals surface area contributed by atoms with E-state index in [0.717, 1.165) is 28.9 Å². The Morgan fingerprint density at radius 1 is 0.935 bits per heavy atom. The molecule has 11 heteroatoms. The van der Waals surface area contributed by atoms with Crippen molar-refractivity contribution in [2.45, 2.75) is 66.8 Å². The average Bonchev–Trinajstić information content (AvgIpc) is 3.72. The number of aliphatic hydroxyl groups excluding tert-OH is 1. The second-order valence-corrected chi connectivity index (χ2v) is 12.7. The van der Waals surface area contributed by atoms with Crippen LogP contribution in [-0.4, -0.2) is 64.1 Å². The van der Waals surface area contributed by atoms with Gasteiger partial charge in [0.25, 0.3) is 0 Å². The van der Waals surface area contributed by atoms with Crippen LogP contribution in [-0.2, 0) is 14.3 Å². The van der Waals surface area contributed by atoms with Crippen LogP contribution in [0.1, 0.15) is 85.5 Å². The summed E-state index contributed by atoms with van der Waals surface area (Å²) in [6.45, 7) is 11.5. The molecule has 0 spiro atoms. The van der Waals surface area contributed by atoms with Gasteiger partial charge in [-0.1, -0.05) is 68.2 Å². The SMILES string of the molecule is CC[C@H]1/C2=C/c3[n-]c4c(c3C)=C(O)[C@H](C(=O)OC)C=4[C@H]3[N-]/C(=C\c4[n-]c(c(C(C)=O)c4C)/C=C(\[N-]2)[C@@H]1C)[C@@H](C)[C@@H]3CCC(=O)O.[Mg+2]. The van der Waals surface area contributed by atoms with Crippen LogP contribution < -0.4 is 20.5 Å². The summed E-state index contributed by atoms with van der Waals surface area (Å²) in [5.41, 5.74) is 6.68. The average molecular weight is 635 g/mol. The van der Waals surface area contributed by atoms with Crippen LogP contribution in [0.4, 0.5) is 0 Å². The number of aliphatic hydroxyl groups is 1. The number of aliphatic carboxylic acids is 1. The molecule has 5 heterocycles. The zero-order valence-electron chi connectivity index (χ0n) is 27.3. The number of methoxy groups -OCH3 is 1. The van der Waals surface area contributed by atoms with Gasteiger partial charge in [0.05, 0.1) is 7.11 Å². The van der Waals surface area contributed by atoms with Crippen molar-refractivity contribution in [1.29, 1.82) is 0 Å². The first-order valence-corrected chi connectivity index (χ1v) is 15.5. The van der Waals surface area contributed by atoms with Gasteiger partial charge in [0.15, 0.2) is 5.78 Å². The third-order valence-corrected chi connectivity index (χ3v) is 10.2. The fraction of sp³-hybridized carbons (Fsp3) is 0.457. The first-order chi connectivity index (χ1) is 21.4. The molecule has 2 fully saturated rings. The Morgan fingerprint density at radius 2 is 1.59 bits per heavy atom. The number of aromatic nitrogens is 2. The van der Waals surface area contributed by atoms with Gasteiger partial charge >= 0.3 is 35.0 Å². The second kappa shape index (κ2) is 12.5. The van der Waals surface area contributed by atoms with E-state index in [1.54, 1.807) is 0 Å². The van der Waals surface area contributed by atoms with E-state index in [1.165, 1.54) is 14.0 Å². The predicted octanol–water partition coefficient (Wildman–Crippen LogP) is 4.32. The fourth-order valence-corrected chi connectivity index (χ4v) is 7.72.